The third kappa shape index (κ3) is 2.76. The zero-order chi connectivity index (χ0) is 13.1. The van der Waals surface area contributed by atoms with Crippen LogP contribution in [0.3, 0.4) is 0 Å². The lowest BCUT2D eigenvalue weighted by atomic mass is 10.2. The summed E-state index contributed by atoms with van der Waals surface area (Å²) < 4.78 is 32.6. The molecule has 1 N–H and O–H groups in total. The van der Waals surface area contributed by atoms with Gasteiger partial charge < -0.3 is 10.1 Å². The van der Waals surface area contributed by atoms with Crippen molar-refractivity contribution in [2.45, 2.75) is 0 Å². The third-order valence-corrected chi connectivity index (χ3v) is 2.70. The van der Waals surface area contributed by atoms with E-state index in [1.807, 2.05) is 0 Å². The number of aromatic nitrogens is 1. The normalized spacial score (nSPS) is 10.2. The van der Waals surface area contributed by atoms with E-state index in [-0.39, 0.29) is 11.4 Å². The van der Waals surface area contributed by atoms with E-state index in [1.165, 1.54) is 7.11 Å². The Balaban J connectivity index is 2.29. The van der Waals surface area contributed by atoms with Gasteiger partial charge in [-0.3, -0.25) is 0 Å². The summed E-state index contributed by atoms with van der Waals surface area (Å²) in [6, 6.07) is 5.40. The molecule has 0 aliphatic carbocycles. The standard InChI is InChI=1S/C12H9BrF2N2O/c1-18-11-5-8(14)10(4-9(11)15)17-12-3-2-7(13)6-16-12/h2-6H,1H3,(H,16,17). The van der Waals surface area contributed by atoms with Gasteiger partial charge in [0.25, 0.3) is 0 Å². The van der Waals surface area contributed by atoms with Crippen LogP contribution in [0.5, 0.6) is 5.75 Å². The lowest BCUT2D eigenvalue weighted by Gasteiger charge is -2.09. The first-order valence-electron chi connectivity index (χ1n) is 5.02. The van der Waals surface area contributed by atoms with E-state index in [1.54, 1.807) is 18.3 Å². The number of methoxy groups -OCH3 is 1. The highest BCUT2D eigenvalue weighted by molar-refractivity contribution is 9.10. The van der Waals surface area contributed by atoms with Gasteiger partial charge >= 0.3 is 0 Å². The average Bonchev–Trinajstić information content (AvgIpc) is 2.36. The zero-order valence-electron chi connectivity index (χ0n) is 9.38. The van der Waals surface area contributed by atoms with Crippen LogP contribution in [0, 0.1) is 11.6 Å². The second-order valence-corrected chi connectivity index (χ2v) is 4.37. The molecule has 1 heterocycles. The minimum Gasteiger partial charge on any atom is -0.494 e. The molecule has 0 aliphatic heterocycles. The van der Waals surface area contributed by atoms with Crippen molar-refractivity contribution in [3.63, 3.8) is 0 Å². The largest absolute Gasteiger partial charge is 0.494 e. The molecule has 94 valence electrons. The van der Waals surface area contributed by atoms with Crippen molar-refractivity contribution in [1.29, 1.82) is 0 Å². The van der Waals surface area contributed by atoms with Crippen molar-refractivity contribution >= 4 is 27.4 Å². The summed E-state index contributed by atoms with van der Waals surface area (Å²) in [5, 5.41) is 2.69. The number of rotatable bonds is 3. The fraction of sp³-hybridized carbons (Fsp3) is 0.0833. The van der Waals surface area contributed by atoms with Crippen LogP contribution in [0.4, 0.5) is 20.3 Å². The predicted octanol–water partition coefficient (Wildman–Crippen LogP) is 3.87. The Morgan fingerprint density at radius 2 is 2.00 bits per heavy atom. The van der Waals surface area contributed by atoms with Gasteiger partial charge in [-0.1, -0.05) is 0 Å². The summed E-state index contributed by atoms with van der Waals surface area (Å²) in [7, 11) is 1.28. The summed E-state index contributed by atoms with van der Waals surface area (Å²) in [6.45, 7) is 0. The number of benzene rings is 1. The van der Waals surface area contributed by atoms with E-state index < -0.39 is 11.6 Å². The van der Waals surface area contributed by atoms with E-state index in [9.17, 15) is 8.78 Å². The fourth-order valence-corrected chi connectivity index (χ4v) is 1.60. The second-order valence-electron chi connectivity index (χ2n) is 3.45. The van der Waals surface area contributed by atoms with Crippen molar-refractivity contribution < 1.29 is 13.5 Å². The van der Waals surface area contributed by atoms with Crippen LogP contribution in [-0.2, 0) is 0 Å². The smallest absolute Gasteiger partial charge is 0.167 e. The van der Waals surface area contributed by atoms with Crippen LogP contribution >= 0.6 is 15.9 Å². The van der Waals surface area contributed by atoms with Gasteiger partial charge in [0.1, 0.15) is 5.82 Å². The predicted molar refractivity (Wildman–Crippen MR) is 68.1 cm³/mol. The van der Waals surface area contributed by atoms with Gasteiger partial charge in [-0.15, -0.1) is 0 Å². The van der Waals surface area contributed by atoms with Gasteiger partial charge in [-0.2, -0.15) is 0 Å². The summed E-state index contributed by atoms with van der Waals surface area (Å²) in [4.78, 5) is 4.01. The summed E-state index contributed by atoms with van der Waals surface area (Å²) >= 11 is 3.23. The molecular weight excluding hydrogens is 306 g/mol. The molecule has 0 amide bonds. The molecule has 2 rings (SSSR count). The first-order chi connectivity index (χ1) is 8.60. The number of ether oxygens (including phenoxy) is 1. The Morgan fingerprint density at radius 1 is 1.22 bits per heavy atom. The zero-order valence-corrected chi connectivity index (χ0v) is 11.0. The topological polar surface area (TPSA) is 34.1 Å². The van der Waals surface area contributed by atoms with Crippen LogP contribution in [0.25, 0.3) is 0 Å². The quantitative estimate of drug-likeness (QED) is 0.933. The lowest BCUT2D eigenvalue weighted by Crippen LogP contribution is -1.98. The highest BCUT2D eigenvalue weighted by Crippen LogP contribution is 2.26. The van der Waals surface area contributed by atoms with Crippen molar-refractivity contribution in [2.75, 3.05) is 12.4 Å². The first-order valence-corrected chi connectivity index (χ1v) is 5.81. The van der Waals surface area contributed by atoms with Crippen LogP contribution in [-0.4, -0.2) is 12.1 Å². The number of halogens is 3. The minimum absolute atomic E-state index is 0.00289. The molecule has 0 spiro atoms. The van der Waals surface area contributed by atoms with Crippen LogP contribution in [0.1, 0.15) is 0 Å². The van der Waals surface area contributed by atoms with E-state index in [0.717, 1.165) is 16.6 Å². The minimum atomic E-state index is -0.640. The molecule has 0 radical (unpaired) electrons. The van der Waals surface area contributed by atoms with Crippen LogP contribution < -0.4 is 10.1 Å². The molecule has 0 unspecified atom stereocenters. The first kappa shape index (κ1) is 12.8. The van der Waals surface area contributed by atoms with Crippen molar-refractivity contribution in [2.24, 2.45) is 0 Å². The Bertz CT molecular complexity index is 561. The summed E-state index contributed by atoms with van der Waals surface area (Å²) in [6.07, 6.45) is 1.56. The molecule has 0 aliphatic rings. The molecular formula is C12H9BrF2N2O. The lowest BCUT2D eigenvalue weighted by molar-refractivity contribution is 0.383. The van der Waals surface area contributed by atoms with Crippen LogP contribution in [0.2, 0.25) is 0 Å². The SMILES string of the molecule is COc1cc(F)c(Nc2ccc(Br)cn2)cc1F. The molecule has 2 aromatic rings. The van der Waals surface area contributed by atoms with Gasteiger partial charge in [-0.05, 0) is 28.1 Å². The monoisotopic (exact) mass is 314 g/mol. The summed E-state index contributed by atoms with van der Waals surface area (Å²) in [5.41, 5.74) is 0.00289. The second kappa shape index (κ2) is 5.30. The van der Waals surface area contributed by atoms with Crippen molar-refractivity contribution in [1.82, 2.24) is 4.98 Å². The number of pyridine rings is 1. The van der Waals surface area contributed by atoms with E-state index in [0.29, 0.717) is 5.82 Å². The Hall–Kier alpha value is -1.69. The van der Waals surface area contributed by atoms with E-state index in [2.05, 4.69) is 31.0 Å². The van der Waals surface area contributed by atoms with Gasteiger partial charge in [0.2, 0.25) is 0 Å². The number of hydrogen-bond donors (Lipinski definition) is 1. The number of anilines is 2. The molecule has 0 saturated heterocycles. The molecule has 3 nitrogen and oxygen atoms in total. The van der Waals surface area contributed by atoms with Gasteiger partial charge in [0.05, 0.1) is 12.8 Å². The highest BCUT2D eigenvalue weighted by atomic mass is 79.9. The maximum absolute atomic E-state index is 13.6. The van der Waals surface area contributed by atoms with Crippen LogP contribution in [0.15, 0.2) is 34.9 Å². The van der Waals surface area contributed by atoms with E-state index in [4.69, 9.17) is 0 Å². The average molecular weight is 315 g/mol. The number of nitrogens with one attached hydrogen (secondary N) is 1. The maximum atomic E-state index is 13.6. The molecule has 6 heteroatoms. The van der Waals surface area contributed by atoms with E-state index >= 15 is 0 Å². The number of nitrogens with zero attached hydrogens (tertiary/aromatic N) is 1. The van der Waals surface area contributed by atoms with Gasteiger partial charge in [0, 0.05) is 22.8 Å². The highest BCUT2D eigenvalue weighted by Gasteiger charge is 2.10. The van der Waals surface area contributed by atoms with Crippen molar-refractivity contribution in [3.05, 3.63) is 46.6 Å². The molecule has 0 bridgehead atoms. The van der Waals surface area contributed by atoms with Crippen molar-refractivity contribution in [3.8, 4) is 5.75 Å². The van der Waals surface area contributed by atoms with Gasteiger partial charge in [0.15, 0.2) is 17.4 Å². The molecule has 0 fully saturated rings. The Labute approximate surface area is 111 Å². The third-order valence-electron chi connectivity index (χ3n) is 2.23. The molecule has 1 aromatic carbocycles. The maximum Gasteiger partial charge on any atom is 0.167 e. The molecule has 0 saturated carbocycles. The summed E-state index contributed by atoms with van der Waals surface area (Å²) in [5.74, 6) is -0.972. The molecule has 1 aromatic heterocycles. The molecule has 18 heavy (non-hydrogen) atoms. The number of hydrogen-bond acceptors (Lipinski definition) is 3. The fourth-order valence-electron chi connectivity index (χ4n) is 1.37. The Morgan fingerprint density at radius 3 is 2.61 bits per heavy atom. The molecule has 0 atom stereocenters. The Kier molecular flexibility index (Phi) is 3.76. The van der Waals surface area contributed by atoms with Gasteiger partial charge in [-0.25, -0.2) is 13.8 Å².